The summed E-state index contributed by atoms with van der Waals surface area (Å²) in [6.07, 6.45) is 2.56. The highest BCUT2D eigenvalue weighted by Crippen LogP contribution is 2.46. The fraction of sp³-hybridized carbons (Fsp3) is 0.464. The lowest BCUT2D eigenvalue weighted by Gasteiger charge is -2.39. The lowest BCUT2D eigenvalue weighted by atomic mass is 9.89. The molecule has 2 aliphatic heterocycles. The van der Waals surface area contributed by atoms with Crippen LogP contribution in [0.4, 0.5) is 5.82 Å². The van der Waals surface area contributed by atoms with Gasteiger partial charge in [0.1, 0.15) is 45.8 Å². The summed E-state index contributed by atoms with van der Waals surface area (Å²) in [6.45, 7) is 5.88. The molecule has 202 valence electrons. The number of benzene rings is 1. The van der Waals surface area contributed by atoms with Crippen molar-refractivity contribution in [3.8, 4) is 11.5 Å². The number of hydrogen-bond acceptors (Lipinski definition) is 10. The van der Waals surface area contributed by atoms with Gasteiger partial charge in [-0.05, 0) is 64.9 Å². The van der Waals surface area contributed by atoms with Crippen molar-refractivity contribution in [2.45, 2.75) is 69.9 Å². The van der Waals surface area contributed by atoms with E-state index in [1.807, 2.05) is 33.0 Å². The quantitative estimate of drug-likeness (QED) is 0.297. The number of nitrogens with zero attached hydrogens (tertiary/aromatic N) is 1. The minimum absolute atomic E-state index is 0.0792. The Morgan fingerprint density at radius 1 is 1.32 bits per heavy atom. The van der Waals surface area contributed by atoms with Gasteiger partial charge in [0.25, 0.3) is 0 Å². The van der Waals surface area contributed by atoms with Crippen molar-refractivity contribution < 1.29 is 28.5 Å². The lowest BCUT2D eigenvalue weighted by Crippen LogP contribution is -2.50. The monoisotopic (exact) mass is 523 g/mol. The molecule has 4 N–H and O–H groups in total. The van der Waals surface area contributed by atoms with Gasteiger partial charge in [-0.2, -0.15) is 0 Å². The molecule has 2 aromatic heterocycles. The number of esters is 1. The lowest BCUT2D eigenvalue weighted by molar-refractivity contribution is -0.167. The van der Waals surface area contributed by atoms with Crippen molar-refractivity contribution in [3.63, 3.8) is 0 Å². The van der Waals surface area contributed by atoms with E-state index in [0.717, 1.165) is 5.56 Å². The zero-order valence-corrected chi connectivity index (χ0v) is 22.0. The number of aromatic hydroxyl groups is 1. The number of nitrogens with two attached hydrogens (primary N) is 1. The number of nitrogen functional groups attached to an aromatic ring is 1. The average molecular weight is 524 g/mol. The molecule has 3 aromatic rings. The van der Waals surface area contributed by atoms with Gasteiger partial charge in [0.15, 0.2) is 11.0 Å². The van der Waals surface area contributed by atoms with Crippen LogP contribution in [0.2, 0.25) is 0 Å². The fourth-order valence-electron chi connectivity index (χ4n) is 5.19. The van der Waals surface area contributed by atoms with E-state index in [-0.39, 0.29) is 34.7 Å². The Hall–Kier alpha value is -3.63. The normalized spacial score (nSPS) is 23.5. The summed E-state index contributed by atoms with van der Waals surface area (Å²) in [4.78, 5) is 30.2. The van der Waals surface area contributed by atoms with Crippen LogP contribution in [-0.4, -0.2) is 53.1 Å². The first-order valence-electron chi connectivity index (χ1n) is 12.8. The summed E-state index contributed by atoms with van der Waals surface area (Å²) >= 11 is 0. The van der Waals surface area contributed by atoms with E-state index in [9.17, 15) is 14.7 Å². The maximum Gasteiger partial charge on any atom is 0.341 e. The van der Waals surface area contributed by atoms with E-state index in [4.69, 9.17) is 24.4 Å². The number of ether oxygens (including phenoxy) is 3. The Labute approximate surface area is 220 Å². The van der Waals surface area contributed by atoms with Gasteiger partial charge in [-0.1, -0.05) is 0 Å². The summed E-state index contributed by atoms with van der Waals surface area (Å²) in [6, 6.07) is 6.64. The molecule has 10 nitrogen and oxygen atoms in total. The standard InChI is InChI=1S/C28H33N3O7/c1-15-11-18(32)24-20(35-15)14-19-17(25(24)33)13-22(27(2,3)37-19)36-26(34)28(8-10-30-4)21(38-28)6-5-16-7-9-31-23(29)12-16/h7,9,11-12,14,21-22,30,33H,5-6,8,10,13H2,1-4H3,(H2,29,31). The van der Waals surface area contributed by atoms with Gasteiger partial charge in [-0.3, -0.25) is 4.79 Å². The van der Waals surface area contributed by atoms with Crippen LogP contribution in [0.25, 0.3) is 11.0 Å². The van der Waals surface area contributed by atoms with E-state index in [1.165, 1.54) is 6.07 Å². The molecule has 1 fully saturated rings. The minimum atomic E-state index is -1.07. The van der Waals surface area contributed by atoms with Gasteiger partial charge in [0.2, 0.25) is 0 Å². The number of aryl methyl sites for hydroxylation is 2. The highest BCUT2D eigenvalue weighted by atomic mass is 16.7. The molecular formula is C28H33N3O7. The van der Waals surface area contributed by atoms with Crippen LogP contribution >= 0.6 is 0 Å². The van der Waals surface area contributed by atoms with Crippen LogP contribution in [-0.2, 0) is 27.1 Å². The van der Waals surface area contributed by atoms with Crippen LogP contribution in [0.1, 0.15) is 43.6 Å². The second-order valence-corrected chi connectivity index (χ2v) is 10.6. The van der Waals surface area contributed by atoms with Crippen molar-refractivity contribution in [2.75, 3.05) is 19.3 Å². The third-order valence-corrected chi connectivity index (χ3v) is 7.42. The van der Waals surface area contributed by atoms with Gasteiger partial charge < -0.3 is 34.8 Å². The molecule has 5 rings (SSSR count). The number of pyridine rings is 1. The Bertz CT molecular complexity index is 1450. The first-order valence-corrected chi connectivity index (χ1v) is 12.8. The molecule has 3 unspecified atom stereocenters. The molecule has 10 heteroatoms. The van der Waals surface area contributed by atoms with Gasteiger partial charge in [-0.25, -0.2) is 9.78 Å². The smallest absolute Gasteiger partial charge is 0.341 e. The second-order valence-electron chi connectivity index (χ2n) is 10.6. The Morgan fingerprint density at radius 3 is 2.84 bits per heavy atom. The molecule has 4 heterocycles. The predicted octanol–water partition coefficient (Wildman–Crippen LogP) is 2.79. The third kappa shape index (κ3) is 4.69. The molecular weight excluding hydrogens is 490 g/mol. The number of hydrogen-bond donors (Lipinski definition) is 3. The molecule has 0 amide bonds. The summed E-state index contributed by atoms with van der Waals surface area (Å²) in [5, 5.41) is 14.1. The SMILES string of the molecule is CNCCC1(C(=O)OC2Cc3c(cc4oc(C)cc(=O)c4c3O)OC2(C)C)OC1CCc1ccnc(N)c1. The Morgan fingerprint density at radius 2 is 2.11 bits per heavy atom. The van der Waals surface area contributed by atoms with Crippen LogP contribution in [0.5, 0.6) is 11.5 Å². The highest BCUT2D eigenvalue weighted by molar-refractivity contribution is 5.87. The van der Waals surface area contributed by atoms with Crippen molar-refractivity contribution in [2.24, 2.45) is 0 Å². The number of fused-ring (bicyclic) bond motifs is 2. The van der Waals surface area contributed by atoms with Gasteiger partial charge in [0, 0.05) is 36.7 Å². The number of phenolic OH excluding ortho intramolecular Hbond substituents is 1. The van der Waals surface area contributed by atoms with Crippen LogP contribution in [0.15, 0.2) is 39.7 Å². The third-order valence-electron chi connectivity index (χ3n) is 7.42. The summed E-state index contributed by atoms with van der Waals surface area (Å²) in [5.41, 5.74) is 5.13. The summed E-state index contributed by atoms with van der Waals surface area (Å²) in [7, 11) is 1.82. The molecule has 2 aliphatic rings. The largest absolute Gasteiger partial charge is 0.507 e. The number of rotatable bonds is 8. The molecule has 0 radical (unpaired) electrons. The van der Waals surface area contributed by atoms with Gasteiger partial charge >= 0.3 is 5.97 Å². The zero-order valence-electron chi connectivity index (χ0n) is 22.0. The van der Waals surface area contributed by atoms with Crippen molar-refractivity contribution in [3.05, 3.63) is 57.6 Å². The maximum absolute atomic E-state index is 13.6. The zero-order chi connectivity index (χ0) is 27.2. The first kappa shape index (κ1) is 26.0. The van der Waals surface area contributed by atoms with E-state index in [2.05, 4.69) is 10.3 Å². The van der Waals surface area contributed by atoms with Crippen molar-refractivity contribution >= 4 is 22.8 Å². The minimum Gasteiger partial charge on any atom is -0.507 e. The van der Waals surface area contributed by atoms with E-state index in [1.54, 1.807) is 19.2 Å². The number of epoxide rings is 1. The van der Waals surface area contributed by atoms with Crippen LogP contribution in [0, 0.1) is 6.92 Å². The molecule has 0 saturated carbocycles. The molecule has 0 bridgehead atoms. The van der Waals surface area contributed by atoms with Crippen LogP contribution in [0.3, 0.4) is 0 Å². The van der Waals surface area contributed by atoms with Gasteiger partial charge in [0.05, 0.1) is 6.10 Å². The number of nitrogens with one attached hydrogen (secondary N) is 1. The topological polar surface area (TPSA) is 149 Å². The van der Waals surface area contributed by atoms with Crippen molar-refractivity contribution in [1.82, 2.24) is 10.3 Å². The molecule has 38 heavy (non-hydrogen) atoms. The molecule has 1 saturated heterocycles. The van der Waals surface area contributed by atoms with E-state index in [0.29, 0.717) is 48.7 Å². The summed E-state index contributed by atoms with van der Waals surface area (Å²) < 4.78 is 23.9. The number of phenols is 1. The molecule has 1 aromatic carbocycles. The molecule has 3 atom stereocenters. The van der Waals surface area contributed by atoms with E-state index < -0.39 is 23.3 Å². The second kappa shape index (κ2) is 9.59. The maximum atomic E-state index is 13.6. The molecule has 0 spiro atoms. The van der Waals surface area contributed by atoms with Crippen molar-refractivity contribution in [1.29, 1.82) is 0 Å². The number of anilines is 1. The van der Waals surface area contributed by atoms with Gasteiger partial charge in [-0.15, -0.1) is 0 Å². The first-order chi connectivity index (χ1) is 18.0. The summed E-state index contributed by atoms with van der Waals surface area (Å²) in [5.74, 6) is 0.589. The Balaban J connectivity index is 1.37. The van der Waals surface area contributed by atoms with E-state index >= 15 is 0 Å². The highest BCUT2D eigenvalue weighted by Gasteiger charge is 2.63. The number of carbonyl (C=O) groups is 1. The number of carbonyl (C=O) groups excluding carboxylic acids is 1. The average Bonchev–Trinajstić information content (AvgIpc) is 3.56. The van der Waals surface area contributed by atoms with Crippen LogP contribution < -0.4 is 21.2 Å². The molecule has 0 aliphatic carbocycles. The number of aromatic nitrogens is 1. The fourth-order valence-corrected chi connectivity index (χ4v) is 5.19. The predicted molar refractivity (Wildman–Crippen MR) is 140 cm³/mol. The Kier molecular flexibility index (Phi) is 6.56.